The Morgan fingerprint density at radius 2 is 1.18 bits per heavy atom. The molecule has 0 aliphatic heterocycles. The summed E-state index contributed by atoms with van der Waals surface area (Å²) in [6.07, 6.45) is 9.38. The summed E-state index contributed by atoms with van der Waals surface area (Å²) in [5.41, 5.74) is 0. The molecule has 0 fully saturated rings. The predicted molar refractivity (Wildman–Crippen MR) is 56.8 cm³/mol. The molecule has 0 radical (unpaired) electrons. The lowest BCUT2D eigenvalue weighted by Gasteiger charge is -1.98. The van der Waals surface area contributed by atoms with Gasteiger partial charge in [0.15, 0.2) is 0 Å². The Balaban J connectivity index is 2.69. The van der Waals surface area contributed by atoms with E-state index in [-0.39, 0.29) is 0 Å². The van der Waals surface area contributed by atoms with Gasteiger partial charge in [-0.2, -0.15) is 0 Å². The van der Waals surface area contributed by atoms with Crippen molar-refractivity contribution in [1.82, 2.24) is 0 Å². The first-order valence-electron chi connectivity index (χ1n) is 4.53. The Morgan fingerprint density at radius 3 is 1.64 bits per heavy atom. The van der Waals surface area contributed by atoms with Crippen molar-refractivity contribution in [2.75, 3.05) is 11.2 Å². The molecule has 0 amide bonds. The first-order chi connectivity index (χ1) is 5.41. The van der Waals surface area contributed by atoms with E-state index in [0.29, 0.717) is 0 Å². The molecule has 0 rings (SSSR count). The summed E-state index contributed by atoms with van der Waals surface area (Å²) in [5, 5.41) is 1.16. The topological polar surface area (TPSA) is 0 Å². The standard InChI is InChI=1S/C9H18BrCl/c10-8-6-4-2-1-3-5-7-9-11/h1-9H2. The Bertz CT molecular complexity index is 58.6. The van der Waals surface area contributed by atoms with Gasteiger partial charge in [0.1, 0.15) is 0 Å². The van der Waals surface area contributed by atoms with E-state index in [1.54, 1.807) is 0 Å². The molecule has 0 atom stereocenters. The second-order valence-corrected chi connectivity index (χ2v) is 4.02. The molecule has 68 valence electrons. The van der Waals surface area contributed by atoms with Crippen LogP contribution in [0.1, 0.15) is 44.9 Å². The van der Waals surface area contributed by atoms with Crippen LogP contribution in [0, 0.1) is 0 Å². The minimum atomic E-state index is 0.835. The lowest BCUT2D eigenvalue weighted by molar-refractivity contribution is 0.605. The van der Waals surface area contributed by atoms with Gasteiger partial charge in [0.2, 0.25) is 0 Å². The van der Waals surface area contributed by atoms with Gasteiger partial charge in [-0.15, -0.1) is 11.6 Å². The van der Waals surface area contributed by atoms with Gasteiger partial charge in [-0.25, -0.2) is 0 Å². The number of hydrogen-bond donors (Lipinski definition) is 0. The highest BCUT2D eigenvalue weighted by atomic mass is 79.9. The van der Waals surface area contributed by atoms with Crippen LogP contribution in [-0.4, -0.2) is 11.2 Å². The number of alkyl halides is 2. The SMILES string of the molecule is ClCCCCCCCCCBr. The molecule has 0 aromatic rings. The minimum absolute atomic E-state index is 0.835. The van der Waals surface area contributed by atoms with Crippen LogP contribution in [0.25, 0.3) is 0 Å². The zero-order valence-corrected chi connectivity index (χ0v) is 9.46. The van der Waals surface area contributed by atoms with E-state index < -0.39 is 0 Å². The smallest absolute Gasteiger partial charge is 0.0223 e. The second-order valence-electron chi connectivity index (χ2n) is 2.85. The van der Waals surface area contributed by atoms with Crippen LogP contribution >= 0.6 is 27.5 Å². The Labute approximate surface area is 83.8 Å². The Hall–Kier alpha value is 0.770. The van der Waals surface area contributed by atoms with Gasteiger partial charge in [-0.1, -0.05) is 48.0 Å². The molecular formula is C9H18BrCl. The van der Waals surface area contributed by atoms with E-state index >= 15 is 0 Å². The van der Waals surface area contributed by atoms with Gasteiger partial charge in [0.25, 0.3) is 0 Å². The summed E-state index contributed by atoms with van der Waals surface area (Å²) < 4.78 is 0. The molecule has 0 unspecified atom stereocenters. The Morgan fingerprint density at radius 1 is 0.727 bits per heavy atom. The number of halogens is 2. The molecule has 0 saturated carbocycles. The molecule has 0 aromatic carbocycles. The number of hydrogen-bond acceptors (Lipinski definition) is 0. The van der Waals surface area contributed by atoms with E-state index in [2.05, 4.69) is 15.9 Å². The third kappa shape index (κ3) is 10.8. The molecule has 11 heavy (non-hydrogen) atoms. The van der Waals surface area contributed by atoms with Crippen molar-refractivity contribution < 1.29 is 0 Å². The molecule has 2 heteroatoms. The molecule has 0 nitrogen and oxygen atoms in total. The van der Waals surface area contributed by atoms with Gasteiger partial charge in [-0.3, -0.25) is 0 Å². The molecule has 0 aliphatic rings. The Kier molecular flexibility index (Phi) is 11.5. The van der Waals surface area contributed by atoms with Crippen molar-refractivity contribution in [2.45, 2.75) is 44.9 Å². The van der Waals surface area contributed by atoms with E-state index in [1.165, 1.54) is 44.9 Å². The average Bonchev–Trinajstić information content (AvgIpc) is 2.03. The van der Waals surface area contributed by atoms with Crippen LogP contribution < -0.4 is 0 Å². The third-order valence-electron chi connectivity index (χ3n) is 1.77. The van der Waals surface area contributed by atoms with Gasteiger partial charge in [0.05, 0.1) is 0 Å². The molecule has 0 N–H and O–H groups in total. The van der Waals surface area contributed by atoms with E-state index in [9.17, 15) is 0 Å². The van der Waals surface area contributed by atoms with Gasteiger partial charge < -0.3 is 0 Å². The quantitative estimate of drug-likeness (QED) is 0.438. The van der Waals surface area contributed by atoms with Crippen molar-refractivity contribution in [3.63, 3.8) is 0 Å². The first-order valence-corrected chi connectivity index (χ1v) is 6.19. The van der Waals surface area contributed by atoms with Crippen molar-refractivity contribution in [1.29, 1.82) is 0 Å². The highest BCUT2D eigenvalue weighted by Gasteiger charge is 1.89. The summed E-state index contributed by atoms with van der Waals surface area (Å²) in [7, 11) is 0. The fourth-order valence-corrected chi connectivity index (χ4v) is 1.66. The monoisotopic (exact) mass is 240 g/mol. The van der Waals surface area contributed by atoms with Gasteiger partial charge in [0, 0.05) is 11.2 Å². The third-order valence-corrected chi connectivity index (χ3v) is 2.60. The average molecular weight is 242 g/mol. The van der Waals surface area contributed by atoms with Crippen LogP contribution in [0.3, 0.4) is 0 Å². The molecule has 0 aliphatic carbocycles. The maximum Gasteiger partial charge on any atom is 0.0223 e. The molecular weight excluding hydrogens is 223 g/mol. The predicted octanol–water partition coefficient (Wildman–Crippen LogP) is 4.35. The van der Waals surface area contributed by atoms with Gasteiger partial charge in [-0.05, 0) is 12.8 Å². The fourth-order valence-electron chi connectivity index (χ4n) is 1.07. The lowest BCUT2D eigenvalue weighted by atomic mass is 10.1. The largest absolute Gasteiger partial charge is 0.127 e. The van der Waals surface area contributed by atoms with Gasteiger partial charge >= 0.3 is 0 Å². The summed E-state index contributed by atoms with van der Waals surface area (Å²) in [6, 6.07) is 0. The second kappa shape index (κ2) is 10.8. The van der Waals surface area contributed by atoms with Crippen molar-refractivity contribution in [2.24, 2.45) is 0 Å². The summed E-state index contributed by atoms with van der Waals surface area (Å²) >= 11 is 8.98. The normalized spacial score (nSPS) is 10.4. The van der Waals surface area contributed by atoms with Crippen molar-refractivity contribution >= 4 is 27.5 Å². The van der Waals surface area contributed by atoms with Crippen molar-refractivity contribution in [3.05, 3.63) is 0 Å². The minimum Gasteiger partial charge on any atom is -0.127 e. The van der Waals surface area contributed by atoms with E-state index in [1.807, 2.05) is 0 Å². The maximum absolute atomic E-state index is 5.56. The van der Waals surface area contributed by atoms with E-state index in [4.69, 9.17) is 11.6 Å². The highest BCUT2D eigenvalue weighted by molar-refractivity contribution is 9.09. The zero-order valence-electron chi connectivity index (χ0n) is 7.12. The van der Waals surface area contributed by atoms with Crippen LogP contribution in [0.15, 0.2) is 0 Å². The van der Waals surface area contributed by atoms with Crippen LogP contribution in [-0.2, 0) is 0 Å². The summed E-state index contributed by atoms with van der Waals surface area (Å²) in [4.78, 5) is 0. The molecule has 0 aromatic heterocycles. The highest BCUT2D eigenvalue weighted by Crippen LogP contribution is 2.08. The zero-order chi connectivity index (χ0) is 8.36. The number of rotatable bonds is 8. The summed E-state index contributed by atoms with van der Waals surface area (Å²) in [5.74, 6) is 0.835. The van der Waals surface area contributed by atoms with Crippen LogP contribution in [0.2, 0.25) is 0 Å². The molecule has 0 saturated heterocycles. The summed E-state index contributed by atoms with van der Waals surface area (Å²) in [6.45, 7) is 0. The lowest BCUT2D eigenvalue weighted by Crippen LogP contribution is -1.81. The maximum atomic E-state index is 5.56. The van der Waals surface area contributed by atoms with Crippen molar-refractivity contribution in [3.8, 4) is 0 Å². The first kappa shape index (κ1) is 11.8. The van der Waals surface area contributed by atoms with E-state index in [0.717, 1.165) is 11.2 Å². The van der Waals surface area contributed by atoms with Crippen LogP contribution in [0.4, 0.5) is 0 Å². The fraction of sp³-hybridized carbons (Fsp3) is 1.00. The number of unbranched alkanes of at least 4 members (excludes halogenated alkanes) is 6. The molecule has 0 heterocycles. The molecule has 0 bridgehead atoms. The van der Waals surface area contributed by atoms with Crippen LogP contribution in [0.5, 0.6) is 0 Å². The molecule has 0 spiro atoms.